The molecule has 1 aliphatic rings. The lowest BCUT2D eigenvalue weighted by Crippen LogP contribution is -2.54. The Balaban J connectivity index is 2.21. The number of rotatable bonds is 5. The number of fused-ring (bicyclic) bond motifs is 1. The van der Waals surface area contributed by atoms with Crippen LogP contribution in [0.15, 0.2) is 0 Å². The number of anilines is 1. The van der Waals surface area contributed by atoms with Crippen molar-refractivity contribution in [2.75, 3.05) is 25.6 Å². The first kappa shape index (κ1) is 19.4. The third-order valence-electron chi connectivity index (χ3n) is 3.84. The van der Waals surface area contributed by atoms with E-state index < -0.39 is 18.5 Å². The molecule has 25 heavy (non-hydrogen) atoms. The van der Waals surface area contributed by atoms with Gasteiger partial charge in [-0.25, -0.2) is 4.79 Å². The fourth-order valence-corrected chi connectivity index (χ4v) is 4.45. The Morgan fingerprint density at radius 2 is 2.00 bits per heavy atom. The predicted molar refractivity (Wildman–Crippen MR) is 94.4 cm³/mol. The van der Waals surface area contributed by atoms with Crippen LogP contribution >= 0.6 is 11.3 Å². The maximum atomic E-state index is 12.0. The summed E-state index contributed by atoms with van der Waals surface area (Å²) in [5.74, 6) is -1.10. The summed E-state index contributed by atoms with van der Waals surface area (Å²) in [7, 11) is 1.37. The zero-order valence-corrected chi connectivity index (χ0v) is 15.9. The second kappa shape index (κ2) is 7.12. The fraction of sp³-hybridized carbons (Fsp3) is 0.588. The van der Waals surface area contributed by atoms with E-state index in [2.05, 4.69) is 49.1 Å². The van der Waals surface area contributed by atoms with Crippen LogP contribution < -0.4 is 10.6 Å². The van der Waals surface area contributed by atoms with Gasteiger partial charge in [0.1, 0.15) is 17.7 Å². The average Bonchev–Trinajstić information content (AvgIpc) is 2.81. The molecular formula is C17H23N3O4S. The van der Waals surface area contributed by atoms with E-state index in [1.54, 1.807) is 0 Å². The molecule has 1 amide bonds. The molecule has 136 valence electrons. The molecule has 0 spiro atoms. The lowest BCUT2D eigenvalue weighted by atomic mass is 9.81. The Bertz CT molecular complexity index is 731. The fourth-order valence-electron chi connectivity index (χ4n) is 3.20. The van der Waals surface area contributed by atoms with Crippen LogP contribution in [0, 0.1) is 11.3 Å². The SMILES string of the molecule is COCC(=O)OCC(=O)Nc1sc2c(c1C#N)CC(C)(C)NC2(C)C. The molecule has 1 aromatic heterocycles. The smallest absolute Gasteiger partial charge is 0.332 e. The van der Waals surface area contributed by atoms with Crippen LogP contribution in [0.4, 0.5) is 5.00 Å². The van der Waals surface area contributed by atoms with Gasteiger partial charge in [0.25, 0.3) is 5.91 Å². The van der Waals surface area contributed by atoms with Gasteiger partial charge in [-0.1, -0.05) is 0 Å². The summed E-state index contributed by atoms with van der Waals surface area (Å²) in [6, 6.07) is 2.21. The van der Waals surface area contributed by atoms with E-state index in [4.69, 9.17) is 4.74 Å². The van der Waals surface area contributed by atoms with Gasteiger partial charge in [0.2, 0.25) is 0 Å². The Hall–Kier alpha value is -1.95. The standard InChI is InChI=1S/C17H23N3O4S/c1-16(2)6-10-11(7-18)15(25-14(10)17(3,4)20-16)19-12(21)8-24-13(22)9-23-5/h20H,6,8-9H2,1-5H3,(H,19,21). The maximum absolute atomic E-state index is 12.0. The third-order valence-corrected chi connectivity index (χ3v) is 5.31. The van der Waals surface area contributed by atoms with Crippen molar-refractivity contribution in [3.05, 3.63) is 16.0 Å². The Morgan fingerprint density at radius 3 is 2.60 bits per heavy atom. The zero-order chi connectivity index (χ0) is 18.8. The van der Waals surface area contributed by atoms with Gasteiger partial charge in [-0.15, -0.1) is 11.3 Å². The summed E-state index contributed by atoms with van der Waals surface area (Å²) in [5, 5.41) is 16.3. The van der Waals surface area contributed by atoms with Crippen molar-refractivity contribution in [2.45, 2.75) is 45.2 Å². The van der Waals surface area contributed by atoms with Gasteiger partial charge in [-0.05, 0) is 39.7 Å². The van der Waals surface area contributed by atoms with E-state index in [1.165, 1.54) is 18.4 Å². The summed E-state index contributed by atoms with van der Waals surface area (Å²) in [6.07, 6.45) is 0.698. The number of nitrogens with zero attached hydrogens (tertiary/aromatic N) is 1. The van der Waals surface area contributed by atoms with Gasteiger partial charge >= 0.3 is 5.97 Å². The minimum atomic E-state index is -0.615. The van der Waals surface area contributed by atoms with E-state index in [0.717, 1.165) is 10.4 Å². The molecule has 0 radical (unpaired) electrons. The molecule has 2 rings (SSSR count). The highest BCUT2D eigenvalue weighted by molar-refractivity contribution is 7.17. The Morgan fingerprint density at radius 1 is 1.32 bits per heavy atom. The van der Waals surface area contributed by atoms with Crippen molar-refractivity contribution in [1.29, 1.82) is 5.26 Å². The van der Waals surface area contributed by atoms with Crippen LogP contribution in [0.25, 0.3) is 0 Å². The summed E-state index contributed by atoms with van der Waals surface area (Å²) in [5.41, 5.74) is 0.994. The number of amides is 1. The summed E-state index contributed by atoms with van der Waals surface area (Å²) in [4.78, 5) is 24.3. The maximum Gasteiger partial charge on any atom is 0.332 e. The molecule has 0 saturated heterocycles. The number of ether oxygens (including phenoxy) is 2. The number of thiophene rings is 1. The second-order valence-electron chi connectivity index (χ2n) is 7.18. The van der Waals surface area contributed by atoms with Crippen molar-refractivity contribution in [3.8, 4) is 6.07 Å². The van der Waals surface area contributed by atoms with Crippen LogP contribution in [-0.4, -0.2) is 37.7 Å². The van der Waals surface area contributed by atoms with E-state index in [0.29, 0.717) is 17.0 Å². The Labute approximate surface area is 151 Å². The van der Waals surface area contributed by atoms with Crippen molar-refractivity contribution in [3.63, 3.8) is 0 Å². The largest absolute Gasteiger partial charge is 0.454 e. The van der Waals surface area contributed by atoms with Crippen LogP contribution in [0.1, 0.15) is 43.7 Å². The topological polar surface area (TPSA) is 100 Å². The van der Waals surface area contributed by atoms with Crippen molar-refractivity contribution >= 4 is 28.2 Å². The van der Waals surface area contributed by atoms with Gasteiger partial charge in [0.05, 0.1) is 5.56 Å². The molecule has 7 nitrogen and oxygen atoms in total. The molecule has 0 fully saturated rings. The molecule has 0 saturated carbocycles. The van der Waals surface area contributed by atoms with Gasteiger partial charge in [0, 0.05) is 23.1 Å². The van der Waals surface area contributed by atoms with E-state index in [-0.39, 0.29) is 17.7 Å². The van der Waals surface area contributed by atoms with Crippen LogP contribution in [-0.2, 0) is 31.0 Å². The molecule has 1 aliphatic heterocycles. The third kappa shape index (κ3) is 4.37. The molecule has 0 aliphatic carbocycles. The first-order valence-electron chi connectivity index (χ1n) is 7.89. The summed E-state index contributed by atoms with van der Waals surface area (Å²) < 4.78 is 9.43. The van der Waals surface area contributed by atoms with Crippen LogP contribution in [0.2, 0.25) is 0 Å². The molecule has 0 atom stereocenters. The quantitative estimate of drug-likeness (QED) is 0.773. The first-order chi connectivity index (χ1) is 11.6. The molecule has 0 unspecified atom stereocenters. The number of carbonyl (C=O) groups is 2. The van der Waals surface area contributed by atoms with Gasteiger partial charge in [-0.3, -0.25) is 4.79 Å². The number of hydrogen-bond acceptors (Lipinski definition) is 7. The highest BCUT2D eigenvalue weighted by Crippen LogP contribution is 2.44. The molecule has 2 heterocycles. The molecule has 1 aromatic rings. The molecule has 0 aromatic carbocycles. The van der Waals surface area contributed by atoms with Crippen molar-refractivity contribution < 1.29 is 19.1 Å². The van der Waals surface area contributed by atoms with Gasteiger partial charge in [0.15, 0.2) is 6.61 Å². The predicted octanol–water partition coefficient (Wildman–Crippen LogP) is 1.91. The lowest BCUT2D eigenvalue weighted by molar-refractivity contribution is -0.150. The monoisotopic (exact) mass is 365 g/mol. The van der Waals surface area contributed by atoms with Gasteiger partial charge in [-0.2, -0.15) is 5.26 Å². The highest BCUT2D eigenvalue weighted by Gasteiger charge is 2.40. The van der Waals surface area contributed by atoms with Crippen LogP contribution in [0.5, 0.6) is 0 Å². The molecule has 0 bridgehead atoms. The molecule has 8 heteroatoms. The van der Waals surface area contributed by atoms with Crippen molar-refractivity contribution in [2.24, 2.45) is 0 Å². The van der Waals surface area contributed by atoms with E-state index >= 15 is 0 Å². The molecular weight excluding hydrogens is 342 g/mol. The zero-order valence-electron chi connectivity index (χ0n) is 15.1. The number of methoxy groups -OCH3 is 1. The number of esters is 1. The summed E-state index contributed by atoms with van der Waals surface area (Å²) >= 11 is 1.38. The number of carbonyl (C=O) groups excluding carboxylic acids is 2. The normalized spacial score (nSPS) is 17.3. The molecule has 2 N–H and O–H groups in total. The first-order valence-corrected chi connectivity index (χ1v) is 8.71. The highest BCUT2D eigenvalue weighted by atomic mass is 32.1. The Kier molecular flexibility index (Phi) is 5.52. The van der Waals surface area contributed by atoms with E-state index in [1.807, 2.05) is 0 Å². The van der Waals surface area contributed by atoms with Crippen molar-refractivity contribution in [1.82, 2.24) is 5.32 Å². The van der Waals surface area contributed by atoms with Crippen LogP contribution in [0.3, 0.4) is 0 Å². The minimum Gasteiger partial charge on any atom is -0.454 e. The number of nitrogens with one attached hydrogen (secondary N) is 2. The number of hydrogen-bond donors (Lipinski definition) is 2. The average molecular weight is 365 g/mol. The van der Waals surface area contributed by atoms with E-state index in [9.17, 15) is 14.9 Å². The summed E-state index contributed by atoms with van der Waals surface area (Å²) in [6.45, 7) is 7.67. The second-order valence-corrected chi connectivity index (χ2v) is 8.20. The number of nitriles is 1. The lowest BCUT2D eigenvalue weighted by Gasteiger charge is -2.42. The minimum absolute atomic E-state index is 0.153. The van der Waals surface area contributed by atoms with Gasteiger partial charge < -0.3 is 20.1 Å².